The highest BCUT2D eigenvalue weighted by Gasteiger charge is 1.96. The van der Waals surface area contributed by atoms with Crippen molar-refractivity contribution in [3.8, 4) is 0 Å². The molecule has 0 fully saturated rings. The van der Waals surface area contributed by atoms with Crippen LogP contribution in [0.2, 0.25) is 5.02 Å². The van der Waals surface area contributed by atoms with Gasteiger partial charge in [0.1, 0.15) is 0 Å². The number of hydrogen-bond acceptors (Lipinski definition) is 2. The second-order valence-electron chi connectivity index (χ2n) is 4.21. The summed E-state index contributed by atoms with van der Waals surface area (Å²) in [6, 6.07) is 15.8. The van der Waals surface area contributed by atoms with Gasteiger partial charge in [0, 0.05) is 18.1 Å². The Bertz CT molecular complexity index is 496. The zero-order chi connectivity index (χ0) is 12.8. The Labute approximate surface area is 112 Å². The molecule has 0 amide bonds. The zero-order valence-electron chi connectivity index (χ0n) is 10.1. The maximum Gasteiger partial charge on any atom is 0.0681 e. The van der Waals surface area contributed by atoms with Gasteiger partial charge >= 0.3 is 0 Å². The van der Waals surface area contributed by atoms with Gasteiger partial charge in [-0.3, -0.25) is 0 Å². The number of benzene rings is 2. The fourth-order valence-corrected chi connectivity index (χ4v) is 1.92. The van der Waals surface area contributed by atoms with E-state index in [0.717, 1.165) is 23.7 Å². The molecule has 0 aliphatic heterocycles. The maximum absolute atomic E-state index is 9.06. The Kier molecular flexibility index (Phi) is 4.76. The number of hydrogen-bond donors (Lipinski definition) is 2. The molecule has 0 atom stereocenters. The van der Waals surface area contributed by atoms with Crippen molar-refractivity contribution in [3.05, 3.63) is 70.2 Å². The van der Waals surface area contributed by atoms with Gasteiger partial charge in [-0.05, 0) is 28.8 Å². The van der Waals surface area contributed by atoms with Gasteiger partial charge in [0.05, 0.1) is 6.61 Å². The summed E-state index contributed by atoms with van der Waals surface area (Å²) in [5.74, 6) is 0. The van der Waals surface area contributed by atoms with Crippen molar-refractivity contribution in [1.82, 2.24) is 5.32 Å². The third kappa shape index (κ3) is 3.84. The number of aliphatic hydroxyl groups is 1. The number of rotatable bonds is 5. The summed E-state index contributed by atoms with van der Waals surface area (Å²) < 4.78 is 0. The van der Waals surface area contributed by atoms with Crippen LogP contribution in [0.1, 0.15) is 16.7 Å². The first-order valence-corrected chi connectivity index (χ1v) is 6.29. The molecule has 94 valence electrons. The first-order valence-electron chi connectivity index (χ1n) is 5.92. The Morgan fingerprint density at radius 2 is 1.56 bits per heavy atom. The van der Waals surface area contributed by atoms with Gasteiger partial charge < -0.3 is 10.4 Å². The topological polar surface area (TPSA) is 32.3 Å². The van der Waals surface area contributed by atoms with Gasteiger partial charge in [-0.15, -0.1) is 0 Å². The lowest BCUT2D eigenvalue weighted by molar-refractivity contribution is 0.281. The summed E-state index contributed by atoms with van der Waals surface area (Å²) in [5, 5.41) is 13.2. The molecule has 2 rings (SSSR count). The van der Waals surface area contributed by atoms with Gasteiger partial charge in [0.15, 0.2) is 0 Å². The molecule has 18 heavy (non-hydrogen) atoms. The Hall–Kier alpha value is -1.35. The van der Waals surface area contributed by atoms with E-state index >= 15 is 0 Å². The van der Waals surface area contributed by atoms with E-state index in [4.69, 9.17) is 16.7 Å². The quantitative estimate of drug-likeness (QED) is 0.867. The van der Waals surface area contributed by atoms with Crippen LogP contribution in [0.25, 0.3) is 0 Å². The van der Waals surface area contributed by atoms with Gasteiger partial charge in [0.2, 0.25) is 0 Å². The standard InChI is InChI=1S/C15H16ClNO/c16-15-6-4-12(5-7-15)9-17-10-13-2-1-3-14(8-13)11-18/h1-8,17-18H,9-11H2. The van der Waals surface area contributed by atoms with Crippen molar-refractivity contribution in [2.24, 2.45) is 0 Å². The van der Waals surface area contributed by atoms with Crippen LogP contribution in [0.3, 0.4) is 0 Å². The first kappa shape index (κ1) is 13.1. The average Bonchev–Trinajstić information content (AvgIpc) is 2.41. The van der Waals surface area contributed by atoms with E-state index in [1.807, 2.05) is 48.5 Å². The van der Waals surface area contributed by atoms with Crippen molar-refractivity contribution in [2.75, 3.05) is 0 Å². The molecular weight excluding hydrogens is 246 g/mol. The number of aliphatic hydroxyl groups excluding tert-OH is 1. The SMILES string of the molecule is OCc1cccc(CNCc2ccc(Cl)cc2)c1. The predicted octanol–water partition coefficient (Wildman–Crippen LogP) is 3.12. The molecule has 3 heteroatoms. The third-order valence-corrected chi connectivity index (χ3v) is 3.00. The second kappa shape index (κ2) is 6.55. The molecule has 0 heterocycles. The van der Waals surface area contributed by atoms with Crippen molar-refractivity contribution < 1.29 is 5.11 Å². The number of halogens is 1. The largest absolute Gasteiger partial charge is 0.392 e. The highest BCUT2D eigenvalue weighted by atomic mass is 35.5. The Morgan fingerprint density at radius 1 is 0.889 bits per heavy atom. The Morgan fingerprint density at radius 3 is 2.28 bits per heavy atom. The predicted molar refractivity (Wildman–Crippen MR) is 74.4 cm³/mol. The van der Waals surface area contributed by atoms with Gasteiger partial charge in [0.25, 0.3) is 0 Å². The molecule has 0 radical (unpaired) electrons. The van der Waals surface area contributed by atoms with Crippen LogP contribution in [0.15, 0.2) is 48.5 Å². The lowest BCUT2D eigenvalue weighted by Crippen LogP contribution is -2.12. The van der Waals surface area contributed by atoms with E-state index in [0.29, 0.717) is 0 Å². The van der Waals surface area contributed by atoms with Gasteiger partial charge in [-0.2, -0.15) is 0 Å². The van der Waals surface area contributed by atoms with Gasteiger partial charge in [-0.25, -0.2) is 0 Å². The van der Waals surface area contributed by atoms with Crippen molar-refractivity contribution in [2.45, 2.75) is 19.7 Å². The minimum Gasteiger partial charge on any atom is -0.392 e. The summed E-state index contributed by atoms with van der Waals surface area (Å²) in [5.41, 5.74) is 3.33. The summed E-state index contributed by atoms with van der Waals surface area (Å²) >= 11 is 5.83. The molecule has 2 nitrogen and oxygen atoms in total. The highest BCUT2D eigenvalue weighted by molar-refractivity contribution is 6.30. The molecule has 2 N–H and O–H groups in total. The molecule has 0 aromatic heterocycles. The molecular formula is C15H16ClNO. The van der Waals surface area contributed by atoms with Crippen molar-refractivity contribution >= 4 is 11.6 Å². The first-order chi connectivity index (χ1) is 8.78. The molecule has 0 unspecified atom stereocenters. The summed E-state index contributed by atoms with van der Waals surface area (Å²) in [7, 11) is 0. The van der Waals surface area contributed by atoms with Gasteiger partial charge in [-0.1, -0.05) is 48.0 Å². The molecule has 0 spiro atoms. The molecule has 0 aliphatic carbocycles. The van der Waals surface area contributed by atoms with E-state index < -0.39 is 0 Å². The molecule has 0 saturated heterocycles. The molecule has 2 aromatic rings. The summed E-state index contributed by atoms with van der Waals surface area (Å²) in [6.45, 7) is 1.68. The summed E-state index contributed by atoms with van der Waals surface area (Å²) in [4.78, 5) is 0. The van der Waals surface area contributed by atoms with Crippen molar-refractivity contribution in [1.29, 1.82) is 0 Å². The van der Waals surface area contributed by atoms with E-state index in [-0.39, 0.29) is 6.61 Å². The Balaban J connectivity index is 1.86. The van der Waals surface area contributed by atoms with Crippen LogP contribution in [0.4, 0.5) is 0 Å². The van der Waals surface area contributed by atoms with E-state index in [9.17, 15) is 0 Å². The minimum atomic E-state index is 0.0883. The van der Waals surface area contributed by atoms with E-state index in [1.54, 1.807) is 0 Å². The third-order valence-electron chi connectivity index (χ3n) is 2.75. The fourth-order valence-electron chi connectivity index (χ4n) is 1.79. The second-order valence-corrected chi connectivity index (χ2v) is 4.64. The zero-order valence-corrected chi connectivity index (χ0v) is 10.8. The smallest absolute Gasteiger partial charge is 0.0681 e. The molecule has 2 aromatic carbocycles. The monoisotopic (exact) mass is 261 g/mol. The minimum absolute atomic E-state index is 0.0883. The average molecular weight is 262 g/mol. The van der Waals surface area contributed by atoms with E-state index in [1.165, 1.54) is 11.1 Å². The highest BCUT2D eigenvalue weighted by Crippen LogP contribution is 2.10. The molecule has 0 aliphatic rings. The van der Waals surface area contributed by atoms with Crippen LogP contribution in [0.5, 0.6) is 0 Å². The summed E-state index contributed by atoms with van der Waals surface area (Å²) in [6.07, 6.45) is 0. The maximum atomic E-state index is 9.06. The van der Waals surface area contributed by atoms with Crippen LogP contribution in [-0.2, 0) is 19.7 Å². The van der Waals surface area contributed by atoms with E-state index in [2.05, 4.69) is 5.32 Å². The molecule has 0 bridgehead atoms. The van der Waals surface area contributed by atoms with Crippen LogP contribution < -0.4 is 5.32 Å². The molecule has 0 saturated carbocycles. The normalized spacial score (nSPS) is 10.6. The van der Waals surface area contributed by atoms with Crippen LogP contribution in [-0.4, -0.2) is 5.11 Å². The fraction of sp³-hybridized carbons (Fsp3) is 0.200. The van der Waals surface area contributed by atoms with Crippen LogP contribution in [0, 0.1) is 0 Å². The lowest BCUT2D eigenvalue weighted by atomic mass is 10.1. The lowest BCUT2D eigenvalue weighted by Gasteiger charge is -2.06. The van der Waals surface area contributed by atoms with Crippen LogP contribution >= 0.6 is 11.6 Å². The number of nitrogens with one attached hydrogen (secondary N) is 1. The van der Waals surface area contributed by atoms with Crippen molar-refractivity contribution in [3.63, 3.8) is 0 Å².